The molecule has 3 amide bonds. The second kappa shape index (κ2) is 7.84. The Balaban J connectivity index is 1.55. The molecule has 0 spiro atoms. The number of nitrogens with one attached hydrogen (secondary N) is 1. The molecule has 0 unspecified atom stereocenters. The number of amides is 3. The van der Waals surface area contributed by atoms with Gasteiger partial charge >= 0.3 is 0 Å². The summed E-state index contributed by atoms with van der Waals surface area (Å²) >= 11 is 0. The van der Waals surface area contributed by atoms with Gasteiger partial charge in [0, 0.05) is 38.4 Å². The molecule has 1 aliphatic heterocycles. The Morgan fingerprint density at radius 1 is 1.00 bits per heavy atom. The highest BCUT2D eigenvalue weighted by Gasteiger charge is 2.34. The summed E-state index contributed by atoms with van der Waals surface area (Å²) in [5.74, 6) is -0.692. The van der Waals surface area contributed by atoms with Crippen LogP contribution < -0.4 is 10.2 Å². The maximum Gasteiger partial charge on any atom is 0.261 e. The number of anilines is 2. The van der Waals surface area contributed by atoms with Crippen molar-refractivity contribution in [2.45, 2.75) is 26.7 Å². The highest BCUT2D eigenvalue weighted by molar-refractivity contribution is 6.21. The molecule has 0 atom stereocenters. The second-order valence-corrected chi connectivity index (χ2v) is 7.36. The van der Waals surface area contributed by atoms with Crippen LogP contribution in [0.25, 0.3) is 0 Å². The Morgan fingerprint density at radius 3 is 2.39 bits per heavy atom. The van der Waals surface area contributed by atoms with Crippen molar-refractivity contribution < 1.29 is 14.4 Å². The number of hydrogen-bond donors (Lipinski definition) is 1. The van der Waals surface area contributed by atoms with Crippen molar-refractivity contribution in [3.8, 4) is 0 Å². The Morgan fingerprint density at radius 2 is 1.71 bits per heavy atom. The lowest BCUT2D eigenvalue weighted by molar-refractivity contribution is -0.116. The summed E-state index contributed by atoms with van der Waals surface area (Å²) in [7, 11) is 3.93. The average molecular weight is 379 g/mol. The maximum absolute atomic E-state index is 12.5. The normalized spacial score (nSPS) is 12.9. The SMILES string of the molecule is Cc1ccc2c(c1)C(=O)N(CCCC(=O)Nc1ccc(N(C)C)cc1C)C2=O. The molecule has 2 aromatic carbocycles. The van der Waals surface area contributed by atoms with Crippen LogP contribution in [0.2, 0.25) is 0 Å². The molecule has 2 aromatic rings. The number of hydrogen-bond acceptors (Lipinski definition) is 4. The lowest BCUT2D eigenvalue weighted by Crippen LogP contribution is -2.31. The lowest BCUT2D eigenvalue weighted by Gasteiger charge is -2.16. The predicted octanol–water partition coefficient (Wildman–Crippen LogP) is 3.38. The number of rotatable bonds is 6. The summed E-state index contributed by atoms with van der Waals surface area (Å²) in [4.78, 5) is 40.4. The molecular formula is C22H25N3O3. The van der Waals surface area contributed by atoms with E-state index in [0.29, 0.717) is 17.5 Å². The highest BCUT2D eigenvalue weighted by Crippen LogP contribution is 2.24. The molecule has 0 saturated carbocycles. The molecule has 1 aliphatic rings. The summed E-state index contributed by atoms with van der Waals surface area (Å²) < 4.78 is 0. The molecule has 146 valence electrons. The van der Waals surface area contributed by atoms with Crippen LogP contribution in [0.15, 0.2) is 36.4 Å². The molecule has 3 rings (SSSR count). The zero-order valence-electron chi connectivity index (χ0n) is 16.7. The van der Waals surface area contributed by atoms with E-state index in [1.54, 1.807) is 12.1 Å². The third-order valence-electron chi connectivity index (χ3n) is 4.91. The van der Waals surface area contributed by atoms with Gasteiger partial charge in [0.2, 0.25) is 5.91 Å². The molecule has 28 heavy (non-hydrogen) atoms. The summed E-state index contributed by atoms with van der Waals surface area (Å²) in [6.07, 6.45) is 0.659. The Hall–Kier alpha value is -3.15. The fraction of sp³-hybridized carbons (Fsp3) is 0.318. The van der Waals surface area contributed by atoms with Crippen molar-refractivity contribution >= 4 is 29.1 Å². The van der Waals surface area contributed by atoms with Gasteiger partial charge in [-0.05, 0) is 56.2 Å². The minimum Gasteiger partial charge on any atom is -0.378 e. The molecular weight excluding hydrogens is 354 g/mol. The number of aryl methyl sites for hydroxylation is 2. The molecule has 0 aliphatic carbocycles. The van der Waals surface area contributed by atoms with E-state index < -0.39 is 0 Å². The number of benzene rings is 2. The number of carbonyl (C=O) groups excluding carboxylic acids is 3. The van der Waals surface area contributed by atoms with Crippen LogP contribution in [-0.2, 0) is 4.79 Å². The van der Waals surface area contributed by atoms with Gasteiger partial charge in [-0.15, -0.1) is 0 Å². The average Bonchev–Trinajstić information content (AvgIpc) is 2.87. The molecule has 6 nitrogen and oxygen atoms in total. The minimum absolute atomic E-state index is 0.131. The smallest absolute Gasteiger partial charge is 0.261 e. The van der Waals surface area contributed by atoms with E-state index >= 15 is 0 Å². The summed E-state index contributed by atoms with van der Waals surface area (Å²) in [6, 6.07) is 11.1. The van der Waals surface area contributed by atoms with Crippen molar-refractivity contribution in [2.24, 2.45) is 0 Å². The van der Waals surface area contributed by atoms with Crippen LogP contribution >= 0.6 is 0 Å². The standard InChI is InChI=1S/C22H25N3O3/c1-14-7-9-17-18(12-14)22(28)25(21(17)27)11-5-6-20(26)23-19-10-8-16(24(3)4)13-15(19)2/h7-10,12-13H,5-6,11H2,1-4H3,(H,23,26). The van der Waals surface area contributed by atoms with Crippen LogP contribution in [0.1, 0.15) is 44.7 Å². The van der Waals surface area contributed by atoms with Gasteiger partial charge in [-0.25, -0.2) is 0 Å². The van der Waals surface area contributed by atoms with Crippen LogP contribution in [0.5, 0.6) is 0 Å². The van der Waals surface area contributed by atoms with Gasteiger partial charge in [-0.3, -0.25) is 19.3 Å². The third-order valence-corrected chi connectivity index (χ3v) is 4.91. The van der Waals surface area contributed by atoms with E-state index in [0.717, 1.165) is 22.5 Å². The van der Waals surface area contributed by atoms with Gasteiger partial charge in [-0.2, -0.15) is 0 Å². The maximum atomic E-state index is 12.5. The first-order chi connectivity index (χ1) is 13.3. The number of fused-ring (bicyclic) bond motifs is 1. The fourth-order valence-electron chi connectivity index (χ4n) is 3.28. The van der Waals surface area contributed by atoms with Crippen LogP contribution in [-0.4, -0.2) is 43.3 Å². The first-order valence-corrected chi connectivity index (χ1v) is 9.32. The Bertz CT molecular complexity index is 950. The Labute approximate surface area is 165 Å². The zero-order valence-corrected chi connectivity index (χ0v) is 16.7. The van der Waals surface area contributed by atoms with Crippen LogP contribution in [0, 0.1) is 13.8 Å². The van der Waals surface area contributed by atoms with E-state index in [9.17, 15) is 14.4 Å². The molecule has 0 saturated heterocycles. The van der Waals surface area contributed by atoms with Crippen LogP contribution in [0.3, 0.4) is 0 Å². The summed E-state index contributed by atoms with van der Waals surface area (Å²) in [5.41, 5.74) is 4.65. The highest BCUT2D eigenvalue weighted by atomic mass is 16.2. The minimum atomic E-state index is -0.282. The van der Waals surface area contributed by atoms with Gasteiger partial charge in [0.25, 0.3) is 11.8 Å². The van der Waals surface area contributed by atoms with Crippen molar-refractivity contribution in [1.82, 2.24) is 4.90 Å². The van der Waals surface area contributed by atoms with E-state index in [1.165, 1.54) is 4.90 Å². The van der Waals surface area contributed by atoms with E-state index in [1.807, 2.05) is 57.1 Å². The van der Waals surface area contributed by atoms with Crippen molar-refractivity contribution in [1.29, 1.82) is 0 Å². The molecule has 0 bridgehead atoms. The van der Waals surface area contributed by atoms with Gasteiger partial charge < -0.3 is 10.2 Å². The number of carbonyl (C=O) groups is 3. The third kappa shape index (κ3) is 3.91. The molecule has 0 radical (unpaired) electrons. The molecule has 0 aromatic heterocycles. The zero-order chi connectivity index (χ0) is 20.4. The first kappa shape index (κ1) is 19.6. The molecule has 1 heterocycles. The quantitative estimate of drug-likeness (QED) is 0.781. The largest absolute Gasteiger partial charge is 0.378 e. The summed E-state index contributed by atoms with van der Waals surface area (Å²) in [6.45, 7) is 4.07. The van der Waals surface area contributed by atoms with Gasteiger partial charge in [0.05, 0.1) is 11.1 Å². The summed E-state index contributed by atoms with van der Waals surface area (Å²) in [5, 5.41) is 2.90. The second-order valence-electron chi connectivity index (χ2n) is 7.36. The van der Waals surface area contributed by atoms with E-state index in [2.05, 4.69) is 5.32 Å². The van der Waals surface area contributed by atoms with Gasteiger partial charge in [0.1, 0.15) is 0 Å². The topological polar surface area (TPSA) is 69.7 Å². The van der Waals surface area contributed by atoms with Crippen molar-refractivity contribution in [2.75, 3.05) is 30.9 Å². The molecule has 1 N–H and O–H groups in total. The molecule has 6 heteroatoms. The van der Waals surface area contributed by atoms with E-state index in [-0.39, 0.29) is 30.7 Å². The van der Waals surface area contributed by atoms with E-state index in [4.69, 9.17) is 0 Å². The fourth-order valence-corrected chi connectivity index (χ4v) is 3.28. The molecule has 0 fully saturated rings. The first-order valence-electron chi connectivity index (χ1n) is 9.32. The lowest BCUT2D eigenvalue weighted by atomic mass is 10.1. The van der Waals surface area contributed by atoms with Crippen molar-refractivity contribution in [3.63, 3.8) is 0 Å². The number of imide groups is 1. The van der Waals surface area contributed by atoms with Crippen LogP contribution in [0.4, 0.5) is 11.4 Å². The van der Waals surface area contributed by atoms with Gasteiger partial charge in [0.15, 0.2) is 0 Å². The monoisotopic (exact) mass is 379 g/mol. The Kier molecular flexibility index (Phi) is 5.49. The van der Waals surface area contributed by atoms with Crippen molar-refractivity contribution in [3.05, 3.63) is 58.7 Å². The predicted molar refractivity (Wildman–Crippen MR) is 110 cm³/mol. The van der Waals surface area contributed by atoms with Gasteiger partial charge in [-0.1, -0.05) is 11.6 Å². The number of nitrogens with zero attached hydrogens (tertiary/aromatic N) is 2.